The van der Waals surface area contributed by atoms with E-state index in [1.54, 1.807) is 0 Å². The highest BCUT2D eigenvalue weighted by molar-refractivity contribution is 7.88. The molecule has 1 atom stereocenters. The van der Waals surface area contributed by atoms with E-state index < -0.39 is 21.9 Å². The highest BCUT2D eigenvalue weighted by Gasteiger charge is 2.06. The van der Waals surface area contributed by atoms with Crippen LogP contribution >= 0.6 is 0 Å². The fraction of sp³-hybridized carbons (Fsp3) is 0.727. The van der Waals surface area contributed by atoms with Crippen molar-refractivity contribution in [3.05, 3.63) is 11.2 Å². The van der Waals surface area contributed by atoms with Crippen molar-refractivity contribution in [1.29, 1.82) is 0 Å². The molecule has 5 heteroatoms. The van der Waals surface area contributed by atoms with Gasteiger partial charge in [-0.2, -0.15) is 4.39 Å². The van der Waals surface area contributed by atoms with Crippen LogP contribution in [0.4, 0.5) is 4.39 Å². The van der Waals surface area contributed by atoms with Crippen LogP contribution in [0.2, 0.25) is 0 Å². The zero-order chi connectivity index (χ0) is 12.4. The molecule has 0 aliphatic carbocycles. The van der Waals surface area contributed by atoms with E-state index in [0.717, 1.165) is 31.8 Å². The molecule has 0 fully saturated rings. The van der Waals surface area contributed by atoms with Gasteiger partial charge in [-0.05, 0) is 12.5 Å². The first-order chi connectivity index (χ1) is 7.57. The maximum atomic E-state index is 13.1. The molecule has 94 valence electrons. The van der Waals surface area contributed by atoms with E-state index in [1.165, 1.54) is 6.92 Å². The SMILES string of the molecule is CCCCCCS(=O)C(F)=CCOC(C)=O. The Bertz CT molecular complexity index is 264. The molecule has 0 aromatic heterocycles. The molecular formula is C11H19FO3S. The van der Waals surface area contributed by atoms with Gasteiger partial charge in [-0.1, -0.05) is 26.2 Å². The molecular weight excluding hydrogens is 231 g/mol. The second-order valence-electron chi connectivity index (χ2n) is 3.42. The quantitative estimate of drug-likeness (QED) is 0.491. The number of hydrogen-bond acceptors (Lipinski definition) is 3. The van der Waals surface area contributed by atoms with Gasteiger partial charge in [0.15, 0.2) is 5.16 Å². The molecule has 0 rings (SSSR count). The van der Waals surface area contributed by atoms with Gasteiger partial charge in [-0.3, -0.25) is 9.00 Å². The number of hydrogen-bond donors (Lipinski definition) is 0. The van der Waals surface area contributed by atoms with Gasteiger partial charge < -0.3 is 4.74 Å². The fourth-order valence-electron chi connectivity index (χ4n) is 1.07. The third kappa shape index (κ3) is 8.59. The van der Waals surface area contributed by atoms with Crippen LogP contribution in [0.25, 0.3) is 0 Å². The summed E-state index contributed by atoms with van der Waals surface area (Å²) in [5.74, 6) is -0.139. The number of unbranched alkanes of at least 4 members (excludes halogenated alkanes) is 3. The van der Waals surface area contributed by atoms with Gasteiger partial charge in [0, 0.05) is 12.7 Å². The molecule has 0 aromatic carbocycles. The number of carbonyl (C=O) groups is 1. The first-order valence-electron chi connectivity index (χ1n) is 5.45. The van der Waals surface area contributed by atoms with E-state index in [2.05, 4.69) is 11.7 Å². The van der Waals surface area contributed by atoms with Crippen LogP contribution < -0.4 is 0 Å². The molecule has 0 aliphatic rings. The summed E-state index contributed by atoms with van der Waals surface area (Å²) in [5, 5.41) is -0.697. The van der Waals surface area contributed by atoms with E-state index in [0.29, 0.717) is 5.75 Å². The maximum absolute atomic E-state index is 13.1. The largest absolute Gasteiger partial charge is 0.462 e. The van der Waals surface area contributed by atoms with Crippen LogP contribution in [0.1, 0.15) is 39.5 Å². The number of esters is 1. The molecule has 1 unspecified atom stereocenters. The highest BCUT2D eigenvalue weighted by Crippen LogP contribution is 2.08. The normalized spacial score (nSPS) is 13.6. The average Bonchev–Trinajstić information content (AvgIpc) is 2.23. The molecule has 16 heavy (non-hydrogen) atoms. The summed E-state index contributed by atoms with van der Waals surface area (Å²) in [7, 11) is -1.58. The van der Waals surface area contributed by atoms with Crippen molar-refractivity contribution in [1.82, 2.24) is 0 Å². The Balaban J connectivity index is 3.75. The minimum Gasteiger partial charge on any atom is -0.462 e. The van der Waals surface area contributed by atoms with Gasteiger partial charge in [-0.25, -0.2) is 0 Å². The van der Waals surface area contributed by atoms with E-state index >= 15 is 0 Å². The summed E-state index contributed by atoms with van der Waals surface area (Å²) in [6, 6.07) is 0. The van der Waals surface area contributed by atoms with Gasteiger partial charge in [0.25, 0.3) is 0 Å². The number of halogens is 1. The number of rotatable bonds is 8. The van der Waals surface area contributed by atoms with Crippen molar-refractivity contribution in [3.8, 4) is 0 Å². The molecule has 3 nitrogen and oxygen atoms in total. The lowest BCUT2D eigenvalue weighted by Gasteiger charge is -2.00. The maximum Gasteiger partial charge on any atom is 0.302 e. The molecule has 0 amide bonds. The number of carbonyl (C=O) groups excluding carboxylic acids is 1. The molecule has 0 bridgehead atoms. The Morgan fingerprint density at radius 3 is 2.62 bits per heavy atom. The van der Waals surface area contributed by atoms with Gasteiger partial charge in [0.05, 0.1) is 10.8 Å². The van der Waals surface area contributed by atoms with Crippen molar-refractivity contribution < 1.29 is 18.1 Å². The standard InChI is InChI=1S/C11H19FO3S/c1-3-4-5-6-9-16(14)11(12)7-8-15-10(2)13/h7H,3-6,8-9H2,1-2H3. The molecule has 0 saturated carbocycles. The van der Waals surface area contributed by atoms with Gasteiger partial charge in [0.1, 0.15) is 6.61 Å². The fourth-order valence-corrected chi connectivity index (χ4v) is 1.99. The van der Waals surface area contributed by atoms with Gasteiger partial charge in [-0.15, -0.1) is 0 Å². The number of ether oxygens (including phenoxy) is 1. The Labute approximate surface area is 98.5 Å². The molecule has 0 aromatic rings. The lowest BCUT2D eigenvalue weighted by Crippen LogP contribution is -2.02. The van der Waals surface area contributed by atoms with E-state index in [-0.39, 0.29) is 6.61 Å². The third-order valence-corrected chi connectivity index (χ3v) is 3.19. The van der Waals surface area contributed by atoms with Crippen molar-refractivity contribution in [2.45, 2.75) is 39.5 Å². The molecule has 0 radical (unpaired) electrons. The summed E-state index contributed by atoms with van der Waals surface area (Å²) >= 11 is 0. The van der Waals surface area contributed by atoms with Crippen LogP contribution in [-0.4, -0.2) is 22.5 Å². The van der Waals surface area contributed by atoms with Crippen molar-refractivity contribution >= 4 is 16.8 Å². The van der Waals surface area contributed by atoms with E-state index in [4.69, 9.17) is 0 Å². The monoisotopic (exact) mass is 250 g/mol. The van der Waals surface area contributed by atoms with Gasteiger partial charge >= 0.3 is 5.97 Å². The van der Waals surface area contributed by atoms with Crippen LogP contribution in [-0.2, 0) is 20.3 Å². The Morgan fingerprint density at radius 2 is 2.06 bits per heavy atom. The van der Waals surface area contributed by atoms with Crippen LogP contribution in [0, 0.1) is 0 Å². The molecule has 0 heterocycles. The van der Waals surface area contributed by atoms with Crippen molar-refractivity contribution in [3.63, 3.8) is 0 Å². The Morgan fingerprint density at radius 1 is 1.38 bits per heavy atom. The molecule has 0 N–H and O–H groups in total. The lowest BCUT2D eigenvalue weighted by atomic mass is 10.2. The Hall–Kier alpha value is -0.710. The van der Waals surface area contributed by atoms with Crippen LogP contribution in [0.15, 0.2) is 11.2 Å². The summed E-state index contributed by atoms with van der Waals surface area (Å²) < 4.78 is 29.0. The predicted molar refractivity (Wildman–Crippen MR) is 63.0 cm³/mol. The molecule has 0 aliphatic heterocycles. The van der Waals surface area contributed by atoms with Crippen LogP contribution in [0.5, 0.6) is 0 Å². The van der Waals surface area contributed by atoms with Gasteiger partial charge in [0.2, 0.25) is 0 Å². The van der Waals surface area contributed by atoms with Crippen molar-refractivity contribution in [2.24, 2.45) is 0 Å². The minimum atomic E-state index is -1.58. The zero-order valence-electron chi connectivity index (χ0n) is 9.83. The third-order valence-electron chi connectivity index (χ3n) is 1.93. The zero-order valence-corrected chi connectivity index (χ0v) is 10.6. The smallest absolute Gasteiger partial charge is 0.302 e. The predicted octanol–water partition coefficient (Wildman–Crippen LogP) is 2.69. The van der Waals surface area contributed by atoms with Crippen molar-refractivity contribution in [2.75, 3.05) is 12.4 Å². The van der Waals surface area contributed by atoms with E-state index in [9.17, 15) is 13.4 Å². The summed E-state index contributed by atoms with van der Waals surface area (Å²) in [5.41, 5.74) is 0. The second-order valence-corrected chi connectivity index (χ2v) is 4.91. The molecule has 0 spiro atoms. The van der Waals surface area contributed by atoms with E-state index in [1.807, 2.05) is 0 Å². The average molecular weight is 250 g/mol. The first kappa shape index (κ1) is 15.3. The van der Waals surface area contributed by atoms with Crippen LogP contribution in [0.3, 0.4) is 0 Å². The summed E-state index contributed by atoms with van der Waals surface area (Å²) in [6.45, 7) is 3.17. The minimum absolute atomic E-state index is 0.151. The summed E-state index contributed by atoms with van der Waals surface area (Å²) in [6.07, 6.45) is 4.96. The first-order valence-corrected chi connectivity index (χ1v) is 6.77. The Kier molecular flexibility index (Phi) is 9.09. The topological polar surface area (TPSA) is 43.4 Å². The summed E-state index contributed by atoms with van der Waals surface area (Å²) in [4.78, 5) is 10.4. The molecule has 0 saturated heterocycles. The highest BCUT2D eigenvalue weighted by atomic mass is 32.2. The second kappa shape index (κ2) is 9.51. The lowest BCUT2D eigenvalue weighted by molar-refractivity contribution is -0.139.